The Balaban J connectivity index is 1.74. The molecule has 114 valence electrons. The fraction of sp³-hybridized carbons (Fsp3) is 0.333. The Morgan fingerprint density at radius 2 is 2.27 bits per heavy atom. The van der Waals surface area contributed by atoms with Crippen molar-refractivity contribution in [3.05, 3.63) is 41.2 Å². The number of nitrogens with zero attached hydrogens (tertiary/aromatic N) is 1. The van der Waals surface area contributed by atoms with Crippen molar-refractivity contribution in [3.8, 4) is 0 Å². The van der Waals surface area contributed by atoms with Crippen LogP contribution < -0.4 is 10.0 Å². The van der Waals surface area contributed by atoms with E-state index in [0.717, 1.165) is 6.07 Å². The van der Waals surface area contributed by atoms with Crippen molar-refractivity contribution in [2.75, 3.05) is 11.4 Å². The number of benzene rings is 1. The molecule has 22 heavy (non-hydrogen) atoms. The average molecular weight is 323 g/mol. The summed E-state index contributed by atoms with van der Waals surface area (Å²) in [6.07, 6.45) is 2.74. The maximum atomic E-state index is 13.6. The molecule has 2 saturated heterocycles. The molecule has 3 aliphatic heterocycles. The van der Waals surface area contributed by atoms with Gasteiger partial charge in [-0.3, -0.25) is 4.79 Å². The molecule has 0 radical (unpaired) electrons. The SMILES string of the molecule is O=C([O-])[C@H]1[C@@H]2C=C[C@]3(CN(c4ccc(Cl)c(F)c4)C(=O)[C@H]13)O2. The van der Waals surface area contributed by atoms with Crippen molar-refractivity contribution < 1.29 is 23.8 Å². The standard InChI is InChI=1S/C15H11ClFNO4/c16-8-2-1-7(5-9(8)17)18-6-15-4-3-10(22-15)11(14(20)21)12(15)13(18)19/h1-5,10-12H,6H2,(H,20,21)/p-1/t10-,11-,12-,15+/m0/s1. The second-order valence-corrected chi connectivity index (χ2v) is 6.15. The van der Waals surface area contributed by atoms with Crippen LogP contribution >= 0.6 is 11.6 Å². The molecule has 0 aliphatic carbocycles. The third kappa shape index (κ3) is 1.62. The summed E-state index contributed by atoms with van der Waals surface area (Å²) in [7, 11) is 0. The van der Waals surface area contributed by atoms with Crippen LogP contribution in [-0.2, 0) is 14.3 Å². The van der Waals surface area contributed by atoms with E-state index < -0.39 is 41.2 Å². The molecule has 0 unspecified atom stereocenters. The molecule has 3 heterocycles. The molecule has 0 saturated carbocycles. The molecule has 0 aromatic heterocycles. The predicted octanol–water partition coefficient (Wildman–Crippen LogP) is 0.515. The second kappa shape index (κ2) is 4.30. The van der Waals surface area contributed by atoms with Crippen molar-refractivity contribution in [2.45, 2.75) is 11.7 Å². The molecule has 5 nitrogen and oxygen atoms in total. The first kappa shape index (κ1) is 13.7. The van der Waals surface area contributed by atoms with Gasteiger partial charge in [0.15, 0.2) is 0 Å². The van der Waals surface area contributed by atoms with E-state index in [4.69, 9.17) is 16.3 Å². The molecular formula is C15H10ClFNO4-. The van der Waals surface area contributed by atoms with Gasteiger partial charge in [0.1, 0.15) is 11.4 Å². The van der Waals surface area contributed by atoms with Crippen molar-refractivity contribution >= 4 is 29.2 Å². The number of ether oxygens (including phenoxy) is 1. The summed E-state index contributed by atoms with van der Waals surface area (Å²) >= 11 is 5.65. The van der Waals surface area contributed by atoms with Crippen LogP contribution in [0, 0.1) is 17.7 Å². The highest BCUT2D eigenvalue weighted by Crippen LogP contribution is 2.52. The normalized spacial score (nSPS) is 35.3. The van der Waals surface area contributed by atoms with Crippen LogP contribution in [-0.4, -0.2) is 30.1 Å². The number of halogens is 2. The average Bonchev–Trinajstić information content (AvgIpc) is 3.10. The fourth-order valence-electron chi connectivity index (χ4n) is 3.64. The van der Waals surface area contributed by atoms with E-state index in [9.17, 15) is 19.1 Å². The third-order valence-corrected chi connectivity index (χ3v) is 4.89. The van der Waals surface area contributed by atoms with Crippen LogP contribution in [0.25, 0.3) is 0 Å². The lowest BCUT2D eigenvalue weighted by atomic mass is 9.77. The first-order valence-electron chi connectivity index (χ1n) is 6.77. The highest BCUT2D eigenvalue weighted by Gasteiger charge is 2.65. The number of carbonyl (C=O) groups excluding carboxylic acids is 2. The number of aliphatic carboxylic acids is 1. The summed E-state index contributed by atoms with van der Waals surface area (Å²) in [5, 5.41) is 11.3. The van der Waals surface area contributed by atoms with Crippen molar-refractivity contribution in [2.24, 2.45) is 11.8 Å². The molecule has 1 aromatic carbocycles. The topological polar surface area (TPSA) is 69.7 Å². The van der Waals surface area contributed by atoms with Gasteiger partial charge >= 0.3 is 0 Å². The Bertz CT molecular complexity index is 736. The first-order chi connectivity index (χ1) is 10.4. The fourth-order valence-corrected chi connectivity index (χ4v) is 3.76. The number of carboxylic acids is 1. The molecule has 1 aromatic rings. The summed E-state index contributed by atoms with van der Waals surface area (Å²) in [5.41, 5.74) is -0.643. The Kier molecular flexibility index (Phi) is 2.68. The molecule has 1 amide bonds. The minimum Gasteiger partial charge on any atom is -0.550 e. The van der Waals surface area contributed by atoms with E-state index in [1.807, 2.05) is 0 Å². The van der Waals surface area contributed by atoms with Crippen LogP contribution in [0.1, 0.15) is 0 Å². The van der Waals surface area contributed by atoms with Crippen molar-refractivity contribution in [1.82, 2.24) is 0 Å². The minimum absolute atomic E-state index is 0.0431. The van der Waals surface area contributed by atoms with Gasteiger partial charge in [0.05, 0.1) is 23.6 Å². The van der Waals surface area contributed by atoms with Gasteiger partial charge in [0.25, 0.3) is 0 Å². The number of rotatable bonds is 2. The predicted molar refractivity (Wildman–Crippen MR) is 72.5 cm³/mol. The molecule has 1 spiro atoms. The van der Waals surface area contributed by atoms with E-state index in [1.165, 1.54) is 17.0 Å². The van der Waals surface area contributed by atoms with E-state index in [1.54, 1.807) is 12.2 Å². The number of carbonyl (C=O) groups is 2. The summed E-state index contributed by atoms with van der Waals surface area (Å²) < 4.78 is 19.3. The third-order valence-electron chi connectivity index (χ3n) is 4.59. The lowest BCUT2D eigenvalue weighted by Crippen LogP contribution is -2.45. The summed E-state index contributed by atoms with van der Waals surface area (Å²) in [6.45, 7) is 0.147. The monoisotopic (exact) mass is 322 g/mol. The maximum absolute atomic E-state index is 13.6. The van der Waals surface area contributed by atoms with Gasteiger partial charge in [-0.15, -0.1) is 0 Å². The van der Waals surface area contributed by atoms with Crippen LogP contribution in [0.4, 0.5) is 10.1 Å². The van der Waals surface area contributed by atoms with Crippen LogP contribution in [0.3, 0.4) is 0 Å². The summed E-state index contributed by atoms with van der Waals surface area (Å²) in [6, 6.07) is 4.03. The van der Waals surface area contributed by atoms with Crippen molar-refractivity contribution in [1.29, 1.82) is 0 Å². The minimum atomic E-state index is -1.31. The van der Waals surface area contributed by atoms with Gasteiger partial charge in [-0.1, -0.05) is 23.8 Å². The summed E-state index contributed by atoms with van der Waals surface area (Å²) in [5.74, 6) is -4.20. The van der Waals surface area contributed by atoms with Gasteiger partial charge < -0.3 is 19.5 Å². The Labute approximate surface area is 129 Å². The highest BCUT2D eigenvalue weighted by atomic mass is 35.5. The number of carboxylic acid groups (broad SMARTS) is 1. The van der Waals surface area contributed by atoms with Gasteiger partial charge in [0.2, 0.25) is 5.91 Å². The quantitative estimate of drug-likeness (QED) is 0.744. The Hall–Kier alpha value is -1.92. The Morgan fingerprint density at radius 1 is 1.50 bits per heavy atom. The lowest BCUT2D eigenvalue weighted by Gasteiger charge is -2.24. The van der Waals surface area contributed by atoms with E-state index in [0.29, 0.717) is 5.69 Å². The molecule has 7 heteroatoms. The molecular weight excluding hydrogens is 313 g/mol. The number of hydrogen-bond donors (Lipinski definition) is 0. The van der Waals surface area contributed by atoms with Gasteiger partial charge in [-0.25, -0.2) is 4.39 Å². The number of hydrogen-bond acceptors (Lipinski definition) is 4. The highest BCUT2D eigenvalue weighted by molar-refractivity contribution is 6.30. The largest absolute Gasteiger partial charge is 0.550 e. The molecule has 2 fully saturated rings. The molecule has 0 N–H and O–H groups in total. The molecule has 2 bridgehead atoms. The maximum Gasteiger partial charge on any atom is 0.234 e. The van der Waals surface area contributed by atoms with E-state index in [-0.39, 0.29) is 11.6 Å². The van der Waals surface area contributed by atoms with E-state index in [2.05, 4.69) is 0 Å². The molecule has 4 atom stereocenters. The second-order valence-electron chi connectivity index (χ2n) is 5.74. The van der Waals surface area contributed by atoms with Crippen LogP contribution in [0.5, 0.6) is 0 Å². The molecule has 4 rings (SSSR count). The van der Waals surface area contributed by atoms with Crippen LogP contribution in [0.2, 0.25) is 5.02 Å². The van der Waals surface area contributed by atoms with Gasteiger partial charge in [-0.2, -0.15) is 0 Å². The zero-order valence-corrected chi connectivity index (χ0v) is 11.9. The number of anilines is 1. The lowest BCUT2D eigenvalue weighted by molar-refractivity contribution is -0.313. The Morgan fingerprint density at radius 3 is 2.95 bits per heavy atom. The van der Waals surface area contributed by atoms with Crippen LogP contribution in [0.15, 0.2) is 30.4 Å². The van der Waals surface area contributed by atoms with Gasteiger partial charge in [-0.05, 0) is 18.2 Å². The zero-order chi connectivity index (χ0) is 15.6. The first-order valence-corrected chi connectivity index (χ1v) is 7.15. The molecule has 3 aliphatic rings. The van der Waals surface area contributed by atoms with E-state index >= 15 is 0 Å². The van der Waals surface area contributed by atoms with Crippen molar-refractivity contribution in [3.63, 3.8) is 0 Å². The summed E-state index contributed by atoms with van der Waals surface area (Å²) in [4.78, 5) is 25.3. The number of fused-ring (bicyclic) bond motifs is 1. The number of amides is 1. The zero-order valence-electron chi connectivity index (χ0n) is 11.2. The smallest absolute Gasteiger partial charge is 0.234 e. The van der Waals surface area contributed by atoms with Gasteiger partial charge in [0, 0.05) is 17.6 Å².